The average Bonchev–Trinajstić information content (AvgIpc) is 2.32. The highest BCUT2D eigenvalue weighted by atomic mass is 35.5. The predicted molar refractivity (Wildman–Crippen MR) is 69.4 cm³/mol. The molecule has 4 heteroatoms. The molecule has 1 N–H and O–H groups in total. The first kappa shape index (κ1) is 12.4. The molecule has 1 atom stereocenters. The second-order valence-corrected chi connectivity index (χ2v) is 4.59. The first-order valence-electron chi connectivity index (χ1n) is 5.19. The van der Waals surface area contributed by atoms with Gasteiger partial charge in [0.2, 0.25) is 0 Å². The summed E-state index contributed by atoms with van der Waals surface area (Å²) in [5, 5.41) is 11.3. The third kappa shape index (κ3) is 3.19. The van der Waals surface area contributed by atoms with E-state index in [1.165, 1.54) is 0 Å². The fourth-order valence-electron chi connectivity index (χ4n) is 1.61. The van der Waals surface area contributed by atoms with Crippen molar-refractivity contribution in [2.24, 2.45) is 0 Å². The number of aromatic nitrogens is 1. The Morgan fingerprint density at radius 3 is 2.76 bits per heavy atom. The molecule has 1 aromatic heterocycles. The van der Waals surface area contributed by atoms with Crippen molar-refractivity contribution in [3.05, 3.63) is 63.9 Å². The van der Waals surface area contributed by atoms with Crippen molar-refractivity contribution < 1.29 is 5.11 Å². The highest BCUT2D eigenvalue weighted by Crippen LogP contribution is 2.24. The molecule has 0 fully saturated rings. The summed E-state index contributed by atoms with van der Waals surface area (Å²) in [4.78, 5) is 3.90. The van der Waals surface area contributed by atoms with Gasteiger partial charge in [-0.25, -0.2) is 0 Å². The number of aliphatic hydroxyl groups excluding tert-OH is 1. The van der Waals surface area contributed by atoms with E-state index in [0.29, 0.717) is 16.5 Å². The lowest BCUT2D eigenvalue weighted by Crippen LogP contribution is -2.02. The molecular formula is C13H11Cl2NO. The summed E-state index contributed by atoms with van der Waals surface area (Å²) in [6.07, 6.45) is 3.06. The Balaban J connectivity index is 2.17. The van der Waals surface area contributed by atoms with E-state index in [-0.39, 0.29) is 0 Å². The minimum Gasteiger partial charge on any atom is -0.388 e. The minimum atomic E-state index is -0.617. The SMILES string of the molecule is OC(Cc1ccncc1Cl)c1cccc(Cl)c1. The summed E-state index contributed by atoms with van der Waals surface area (Å²) in [6.45, 7) is 0. The van der Waals surface area contributed by atoms with E-state index in [1.54, 1.807) is 30.6 Å². The third-order valence-electron chi connectivity index (χ3n) is 2.50. The van der Waals surface area contributed by atoms with Gasteiger partial charge >= 0.3 is 0 Å². The van der Waals surface area contributed by atoms with Gasteiger partial charge in [-0.3, -0.25) is 4.98 Å². The van der Waals surface area contributed by atoms with Gasteiger partial charge in [0.05, 0.1) is 11.1 Å². The van der Waals surface area contributed by atoms with Crippen molar-refractivity contribution in [3.63, 3.8) is 0 Å². The van der Waals surface area contributed by atoms with Crippen molar-refractivity contribution in [1.82, 2.24) is 4.98 Å². The van der Waals surface area contributed by atoms with Gasteiger partial charge < -0.3 is 5.11 Å². The monoisotopic (exact) mass is 267 g/mol. The lowest BCUT2D eigenvalue weighted by Gasteiger charge is -2.12. The molecule has 0 aliphatic heterocycles. The largest absolute Gasteiger partial charge is 0.388 e. The molecule has 2 rings (SSSR count). The van der Waals surface area contributed by atoms with Crippen molar-refractivity contribution in [2.75, 3.05) is 0 Å². The zero-order chi connectivity index (χ0) is 12.3. The summed E-state index contributed by atoms with van der Waals surface area (Å²) in [6, 6.07) is 8.98. The molecule has 1 heterocycles. The Hall–Kier alpha value is -1.09. The van der Waals surface area contributed by atoms with E-state index >= 15 is 0 Å². The van der Waals surface area contributed by atoms with Crippen LogP contribution < -0.4 is 0 Å². The molecule has 0 bridgehead atoms. The molecule has 88 valence electrons. The molecule has 1 aromatic carbocycles. The standard InChI is InChI=1S/C13H11Cl2NO/c14-11-3-1-2-10(6-11)13(17)7-9-4-5-16-8-12(9)15/h1-6,8,13,17H,7H2. The van der Waals surface area contributed by atoms with E-state index in [2.05, 4.69) is 4.98 Å². The Kier molecular flexibility index (Phi) is 4.00. The van der Waals surface area contributed by atoms with Crippen LogP contribution in [0.1, 0.15) is 17.2 Å². The quantitative estimate of drug-likeness (QED) is 0.921. The van der Waals surface area contributed by atoms with Gasteiger partial charge in [0.25, 0.3) is 0 Å². The lowest BCUT2D eigenvalue weighted by molar-refractivity contribution is 0.178. The minimum absolute atomic E-state index is 0.446. The van der Waals surface area contributed by atoms with Crippen LogP contribution in [0, 0.1) is 0 Å². The van der Waals surface area contributed by atoms with E-state index in [0.717, 1.165) is 11.1 Å². The summed E-state index contributed by atoms with van der Waals surface area (Å²) in [5.41, 5.74) is 1.65. The fraction of sp³-hybridized carbons (Fsp3) is 0.154. The molecule has 0 saturated carbocycles. The van der Waals surface area contributed by atoms with Crippen LogP contribution in [0.15, 0.2) is 42.7 Å². The van der Waals surface area contributed by atoms with Crippen molar-refractivity contribution in [3.8, 4) is 0 Å². The first-order valence-corrected chi connectivity index (χ1v) is 5.94. The number of rotatable bonds is 3. The Morgan fingerprint density at radius 2 is 2.06 bits per heavy atom. The lowest BCUT2D eigenvalue weighted by atomic mass is 10.0. The molecule has 0 radical (unpaired) electrons. The van der Waals surface area contributed by atoms with E-state index in [9.17, 15) is 5.11 Å². The Bertz CT molecular complexity index is 516. The van der Waals surface area contributed by atoms with Crippen LogP contribution in [0.25, 0.3) is 0 Å². The number of hydrogen-bond acceptors (Lipinski definition) is 2. The van der Waals surface area contributed by atoms with Crippen LogP contribution in [-0.2, 0) is 6.42 Å². The van der Waals surface area contributed by atoms with E-state index in [1.807, 2.05) is 12.1 Å². The van der Waals surface area contributed by atoms with Crippen LogP contribution in [-0.4, -0.2) is 10.1 Å². The maximum Gasteiger partial charge on any atom is 0.0831 e. The fourth-order valence-corrected chi connectivity index (χ4v) is 2.00. The van der Waals surface area contributed by atoms with Crippen molar-refractivity contribution in [2.45, 2.75) is 12.5 Å². The van der Waals surface area contributed by atoms with Crippen molar-refractivity contribution >= 4 is 23.2 Å². The molecule has 0 spiro atoms. The molecule has 2 aromatic rings. The second-order valence-electron chi connectivity index (χ2n) is 3.74. The van der Waals surface area contributed by atoms with Crippen LogP contribution in [0.5, 0.6) is 0 Å². The summed E-state index contributed by atoms with van der Waals surface area (Å²) in [5.74, 6) is 0. The topological polar surface area (TPSA) is 33.1 Å². The normalized spacial score (nSPS) is 12.4. The molecule has 0 saturated heterocycles. The van der Waals surface area contributed by atoms with Crippen LogP contribution >= 0.6 is 23.2 Å². The number of pyridine rings is 1. The number of benzene rings is 1. The number of hydrogen-bond donors (Lipinski definition) is 1. The van der Waals surface area contributed by atoms with Gasteiger partial charge in [-0.1, -0.05) is 35.3 Å². The molecular weight excluding hydrogens is 257 g/mol. The highest BCUT2D eigenvalue weighted by Gasteiger charge is 2.11. The molecule has 0 aliphatic carbocycles. The van der Waals surface area contributed by atoms with Gasteiger partial charge in [0.1, 0.15) is 0 Å². The summed E-state index contributed by atoms with van der Waals surface area (Å²) < 4.78 is 0. The zero-order valence-electron chi connectivity index (χ0n) is 8.98. The van der Waals surface area contributed by atoms with Crippen LogP contribution in [0.2, 0.25) is 10.0 Å². The molecule has 2 nitrogen and oxygen atoms in total. The Morgan fingerprint density at radius 1 is 1.24 bits per heavy atom. The maximum absolute atomic E-state index is 10.1. The van der Waals surface area contributed by atoms with Crippen molar-refractivity contribution in [1.29, 1.82) is 0 Å². The summed E-state index contributed by atoms with van der Waals surface area (Å²) >= 11 is 11.9. The molecule has 1 unspecified atom stereocenters. The van der Waals surface area contributed by atoms with E-state index in [4.69, 9.17) is 23.2 Å². The van der Waals surface area contributed by atoms with Crippen LogP contribution in [0.3, 0.4) is 0 Å². The number of halogens is 2. The maximum atomic E-state index is 10.1. The first-order chi connectivity index (χ1) is 8.16. The van der Waals surface area contributed by atoms with E-state index < -0.39 is 6.10 Å². The van der Waals surface area contributed by atoms with Gasteiger partial charge in [0, 0.05) is 23.8 Å². The highest BCUT2D eigenvalue weighted by molar-refractivity contribution is 6.31. The summed E-state index contributed by atoms with van der Waals surface area (Å²) in [7, 11) is 0. The van der Waals surface area contributed by atoms with Gasteiger partial charge in [-0.05, 0) is 29.3 Å². The number of nitrogens with zero attached hydrogens (tertiary/aromatic N) is 1. The zero-order valence-corrected chi connectivity index (χ0v) is 10.5. The second kappa shape index (κ2) is 5.50. The molecule has 17 heavy (non-hydrogen) atoms. The van der Waals surface area contributed by atoms with Gasteiger partial charge in [-0.15, -0.1) is 0 Å². The van der Waals surface area contributed by atoms with Gasteiger partial charge in [0.15, 0.2) is 0 Å². The third-order valence-corrected chi connectivity index (χ3v) is 3.08. The Labute approximate surface area is 110 Å². The van der Waals surface area contributed by atoms with Crippen LogP contribution in [0.4, 0.5) is 0 Å². The smallest absolute Gasteiger partial charge is 0.0831 e. The van der Waals surface area contributed by atoms with Gasteiger partial charge in [-0.2, -0.15) is 0 Å². The number of aliphatic hydroxyl groups is 1. The predicted octanol–water partition coefficient (Wildman–Crippen LogP) is 3.66. The average molecular weight is 268 g/mol. The molecule has 0 amide bonds. The molecule has 0 aliphatic rings.